The van der Waals surface area contributed by atoms with Crippen molar-refractivity contribution in [2.75, 3.05) is 33.2 Å². The second-order valence-corrected chi connectivity index (χ2v) is 24.0. The molecule has 2 aromatic rings. The number of benzene rings is 2. The number of hydrogen-bond acceptors (Lipinski definition) is 3. The first-order valence-corrected chi connectivity index (χ1v) is 20.3. The second-order valence-electron chi connectivity index (χ2n) is 8.42. The Kier molecular flexibility index (Phi) is 5.14. The van der Waals surface area contributed by atoms with Gasteiger partial charge < -0.3 is 0 Å². The number of nitrogens with zero attached hydrogens (tertiary/aromatic N) is 2. The molecule has 0 aliphatic carbocycles. The van der Waals surface area contributed by atoms with Crippen LogP contribution in [0.4, 0.5) is 0 Å². The SMILES string of the molecule is CN1CCN(C2=Cc3c[c]([Sn]([CH3])([CH3])[CH3])ccc3Sc3ccccc32)CC1. The van der Waals surface area contributed by atoms with E-state index in [9.17, 15) is 0 Å². The molecule has 2 aromatic carbocycles. The Morgan fingerprint density at radius 1 is 0.885 bits per heavy atom. The molecule has 26 heavy (non-hydrogen) atoms. The summed E-state index contributed by atoms with van der Waals surface area (Å²) in [6.07, 6.45) is 2.46. The number of piperazine rings is 1. The van der Waals surface area contributed by atoms with Gasteiger partial charge in [-0.15, -0.1) is 0 Å². The molecule has 2 aliphatic heterocycles. The van der Waals surface area contributed by atoms with Crippen LogP contribution in [0.3, 0.4) is 0 Å². The second kappa shape index (κ2) is 7.25. The fourth-order valence-electron chi connectivity index (χ4n) is 3.64. The van der Waals surface area contributed by atoms with Crippen LogP contribution in [-0.2, 0) is 0 Å². The maximum atomic E-state index is 2.58. The van der Waals surface area contributed by atoms with Gasteiger partial charge >= 0.3 is 167 Å². The van der Waals surface area contributed by atoms with Crippen LogP contribution in [0, 0.1) is 0 Å². The zero-order valence-electron chi connectivity index (χ0n) is 16.2. The van der Waals surface area contributed by atoms with E-state index < -0.39 is 18.4 Å². The molecule has 0 amide bonds. The van der Waals surface area contributed by atoms with E-state index in [0.29, 0.717) is 0 Å². The van der Waals surface area contributed by atoms with Crippen LogP contribution >= 0.6 is 11.8 Å². The van der Waals surface area contributed by atoms with E-state index in [1.54, 1.807) is 3.58 Å². The van der Waals surface area contributed by atoms with E-state index in [0.717, 1.165) is 26.2 Å². The molecule has 0 radical (unpaired) electrons. The molecule has 1 saturated heterocycles. The molecule has 2 aliphatic rings. The molecule has 1 fully saturated rings. The molecule has 2 heterocycles. The summed E-state index contributed by atoms with van der Waals surface area (Å²) < 4.78 is 1.61. The van der Waals surface area contributed by atoms with Gasteiger partial charge in [0.25, 0.3) is 0 Å². The van der Waals surface area contributed by atoms with Crippen molar-refractivity contribution in [2.24, 2.45) is 0 Å². The maximum absolute atomic E-state index is 2.58. The average molecular weight is 471 g/mol. The van der Waals surface area contributed by atoms with Gasteiger partial charge in [-0.1, -0.05) is 0 Å². The molecule has 0 spiro atoms. The molecule has 2 nitrogen and oxygen atoms in total. The first kappa shape index (κ1) is 18.5. The van der Waals surface area contributed by atoms with Crippen molar-refractivity contribution in [2.45, 2.75) is 24.6 Å². The van der Waals surface area contributed by atoms with Crippen LogP contribution in [0.25, 0.3) is 11.8 Å². The predicted octanol–water partition coefficient (Wildman–Crippen LogP) is 4.44. The van der Waals surface area contributed by atoms with Crippen LogP contribution in [0.15, 0.2) is 52.3 Å². The topological polar surface area (TPSA) is 6.48 Å². The molecule has 4 rings (SSSR count). The van der Waals surface area contributed by atoms with Crippen molar-refractivity contribution in [3.8, 4) is 0 Å². The van der Waals surface area contributed by atoms with Crippen LogP contribution in [0.5, 0.6) is 0 Å². The number of rotatable bonds is 2. The Bertz CT molecular complexity index is 845. The Labute approximate surface area is 166 Å². The van der Waals surface area contributed by atoms with E-state index in [1.165, 1.54) is 26.6 Å². The van der Waals surface area contributed by atoms with Gasteiger partial charge in [0.2, 0.25) is 0 Å². The molecule has 0 saturated carbocycles. The standard InChI is InChI=1S/C19H19N2S.3CH3.Sn/c1-20-10-12-21(13-11-20)17-14-15-6-2-4-8-18(15)22-19-9-5-3-7-16(17)19;;;;/h3-9,14H,10-13H2,1H3;3*1H3;. The first-order chi connectivity index (χ1) is 12.4. The average Bonchev–Trinajstić information content (AvgIpc) is 2.77. The summed E-state index contributed by atoms with van der Waals surface area (Å²) >= 11 is -0.154. The fraction of sp³-hybridized carbons (Fsp3) is 0.364. The monoisotopic (exact) mass is 472 g/mol. The van der Waals surface area contributed by atoms with E-state index in [-0.39, 0.29) is 0 Å². The minimum atomic E-state index is -2.08. The summed E-state index contributed by atoms with van der Waals surface area (Å²) in [5, 5.41) is 0. The Hall–Kier alpha value is -0.911. The molecular formula is C22H28N2SSn. The van der Waals surface area contributed by atoms with Crippen molar-refractivity contribution in [1.82, 2.24) is 9.80 Å². The van der Waals surface area contributed by atoms with Crippen molar-refractivity contribution in [1.29, 1.82) is 0 Å². The zero-order valence-corrected chi connectivity index (χ0v) is 19.9. The van der Waals surface area contributed by atoms with Gasteiger partial charge in [-0.3, -0.25) is 0 Å². The number of fused-ring (bicyclic) bond motifs is 2. The summed E-state index contributed by atoms with van der Waals surface area (Å²) in [4.78, 5) is 15.3. The molecule has 0 bridgehead atoms. The predicted molar refractivity (Wildman–Crippen MR) is 117 cm³/mol. The van der Waals surface area contributed by atoms with Crippen molar-refractivity contribution < 1.29 is 0 Å². The molecule has 0 N–H and O–H groups in total. The summed E-state index contributed by atoms with van der Waals surface area (Å²) in [6.45, 7) is 4.49. The molecule has 0 aromatic heterocycles. The third kappa shape index (κ3) is 3.71. The van der Waals surface area contributed by atoms with Crippen molar-refractivity contribution >= 4 is 45.5 Å². The molecule has 4 heteroatoms. The summed E-state index contributed by atoms with van der Waals surface area (Å²) in [6, 6.07) is 16.1. The third-order valence-corrected chi connectivity index (χ3v) is 12.4. The van der Waals surface area contributed by atoms with Gasteiger partial charge in [-0.05, 0) is 0 Å². The first-order valence-electron chi connectivity index (χ1n) is 9.49. The molecule has 0 atom stereocenters. The minimum absolute atomic E-state index is 1.11. The Morgan fingerprint density at radius 2 is 1.62 bits per heavy atom. The van der Waals surface area contributed by atoms with Crippen LogP contribution in [-0.4, -0.2) is 61.4 Å². The Morgan fingerprint density at radius 3 is 2.35 bits per heavy atom. The number of likely N-dealkylation sites (N-methyl/N-ethyl adjacent to an activating group) is 1. The van der Waals surface area contributed by atoms with Gasteiger partial charge in [0.05, 0.1) is 0 Å². The van der Waals surface area contributed by atoms with Crippen LogP contribution in [0.1, 0.15) is 11.1 Å². The van der Waals surface area contributed by atoms with Gasteiger partial charge in [0.1, 0.15) is 0 Å². The number of hydrogen-bond donors (Lipinski definition) is 0. The molecular weight excluding hydrogens is 443 g/mol. The van der Waals surface area contributed by atoms with Crippen molar-refractivity contribution in [3.63, 3.8) is 0 Å². The van der Waals surface area contributed by atoms with Gasteiger partial charge in [-0.25, -0.2) is 0 Å². The van der Waals surface area contributed by atoms with E-state index >= 15 is 0 Å². The van der Waals surface area contributed by atoms with Crippen LogP contribution in [0.2, 0.25) is 14.8 Å². The van der Waals surface area contributed by atoms with Crippen LogP contribution < -0.4 is 3.58 Å². The van der Waals surface area contributed by atoms with Crippen molar-refractivity contribution in [3.05, 3.63) is 53.6 Å². The van der Waals surface area contributed by atoms with E-state index in [4.69, 9.17) is 0 Å². The van der Waals surface area contributed by atoms with Gasteiger partial charge in [0.15, 0.2) is 0 Å². The molecule has 136 valence electrons. The summed E-state index contributed by atoms with van der Waals surface area (Å²) in [5.41, 5.74) is 4.20. The van der Waals surface area contributed by atoms with Gasteiger partial charge in [0, 0.05) is 0 Å². The quantitative estimate of drug-likeness (QED) is 0.599. The van der Waals surface area contributed by atoms with E-state index in [1.807, 2.05) is 11.8 Å². The van der Waals surface area contributed by atoms with Gasteiger partial charge in [-0.2, -0.15) is 0 Å². The fourth-order valence-corrected chi connectivity index (χ4v) is 8.02. The van der Waals surface area contributed by atoms with E-state index in [2.05, 4.69) is 80.2 Å². The summed E-state index contributed by atoms with van der Waals surface area (Å²) in [7, 11) is 2.22. The molecule has 0 unspecified atom stereocenters. The normalized spacial score (nSPS) is 18.0. The zero-order chi connectivity index (χ0) is 18.3. The Balaban J connectivity index is 1.83. The summed E-state index contributed by atoms with van der Waals surface area (Å²) in [5.74, 6) is 0. The third-order valence-electron chi connectivity index (χ3n) is 5.39.